The van der Waals surface area contributed by atoms with Crippen LogP contribution in [0.5, 0.6) is 0 Å². The summed E-state index contributed by atoms with van der Waals surface area (Å²) in [5.41, 5.74) is 0.573. The predicted octanol–water partition coefficient (Wildman–Crippen LogP) is 0.650. The monoisotopic (exact) mass is 218 g/mol. The third kappa shape index (κ3) is 1.67. The van der Waals surface area contributed by atoms with Crippen LogP contribution in [0.15, 0.2) is 29.3 Å². The third-order valence-electron chi connectivity index (χ3n) is 2.36. The minimum atomic E-state index is -1.04. The number of carboxylic acids is 1. The molecule has 2 rings (SSSR count). The van der Waals surface area contributed by atoms with Crippen molar-refractivity contribution in [1.29, 1.82) is 0 Å². The van der Waals surface area contributed by atoms with Crippen molar-refractivity contribution in [1.82, 2.24) is 5.32 Å². The van der Waals surface area contributed by atoms with Crippen LogP contribution in [0.4, 0.5) is 0 Å². The summed E-state index contributed by atoms with van der Waals surface area (Å²) < 4.78 is 0. The summed E-state index contributed by atoms with van der Waals surface area (Å²) in [6, 6.07) is 5.99. The molecule has 0 radical (unpaired) electrons. The number of amidine groups is 1. The second-order valence-electron chi connectivity index (χ2n) is 3.49. The number of carbonyl (C=O) groups excluding carboxylic acids is 1. The first-order valence-electron chi connectivity index (χ1n) is 4.81. The molecule has 1 amide bonds. The fraction of sp³-hybridized carbons (Fsp3) is 0.182. The molecule has 1 atom stereocenters. The van der Waals surface area contributed by atoms with E-state index in [9.17, 15) is 9.59 Å². The molecule has 0 saturated heterocycles. The molecular formula is C11H10N2O3. The molecule has 1 heterocycles. The molecule has 0 aliphatic carbocycles. The molecule has 1 aliphatic heterocycles. The molecule has 16 heavy (non-hydrogen) atoms. The van der Waals surface area contributed by atoms with Gasteiger partial charge in [-0.05, 0) is 13.0 Å². The number of aromatic carboxylic acids is 1. The number of nitrogens with zero attached hydrogens (tertiary/aromatic N) is 1. The average molecular weight is 218 g/mol. The van der Waals surface area contributed by atoms with E-state index in [4.69, 9.17) is 5.11 Å². The highest BCUT2D eigenvalue weighted by molar-refractivity contribution is 6.16. The molecule has 1 aromatic rings. The van der Waals surface area contributed by atoms with Crippen LogP contribution in [0.25, 0.3) is 0 Å². The first-order chi connectivity index (χ1) is 7.59. The largest absolute Gasteiger partial charge is 0.478 e. The lowest BCUT2D eigenvalue weighted by atomic mass is 10.1. The molecule has 0 saturated carbocycles. The van der Waals surface area contributed by atoms with Crippen LogP contribution in [0.3, 0.4) is 0 Å². The Morgan fingerprint density at radius 2 is 2.12 bits per heavy atom. The summed E-state index contributed by atoms with van der Waals surface area (Å²) >= 11 is 0. The van der Waals surface area contributed by atoms with Gasteiger partial charge in [-0.3, -0.25) is 9.79 Å². The van der Waals surface area contributed by atoms with Crippen LogP contribution >= 0.6 is 0 Å². The maximum absolute atomic E-state index is 11.3. The van der Waals surface area contributed by atoms with Gasteiger partial charge in [0.2, 0.25) is 5.91 Å². The standard InChI is InChI=1S/C11H10N2O3/c1-6-10(14)13-9(12-6)7-4-2-3-5-8(7)11(15)16/h2-6H,1H3,(H,15,16)(H,12,13,14). The highest BCUT2D eigenvalue weighted by atomic mass is 16.4. The number of benzene rings is 1. The fourth-order valence-corrected chi connectivity index (χ4v) is 1.52. The molecule has 1 unspecified atom stereocenters. The summed E-state index contributed by atoms with van der Waals surface area (Å²) in [7, 11) is 0. The Bertz CT molecular complexity index is 494. The van der Waals surface area contributed by atoms with E-state index >= 15 is 0 Å². The zero-order valence-electron chi connectivity index (χ0n) is 8.60. The number of carbonyl (C=O) groups is 2. The summed E-state index contributed by atoms with van der Waals surface area (Å²) in [6.07, 6.45) is 0. The van der Waals surface area contributed by atoms with Crippen molar-refractivity contribution in [2.75, 3.05) is 0 Å². The summed E-state index contributed by atoms with van der Waals surface area (Å²) in [5.74, 6) is -0.919. The molecule has 0 fully saturated rings. The van der Waals surface area contributed by atoms with Gasteiger partial charge in [-0.25, -0.2) is 4.79 Å². The van der Waals surface area contributed by atoms with Gasteiger partial charge in [0.25, 0.3) is 0 Å². The minimum Gasteiger partial charge on any atom is -0.478 e. The summed E-state index contributed by atoms with van der Waals surface area (Å²) in [5, 5.41) is 11.6. The second kappa shape index (κ2) is 3.77. The molecule has 1 aromatic carbocycles. The van der Waals surface area contributed by atoms with E-state index in [0.717, 1.165) is 0 Å². The van der Waals surface area contributed by atoms with Crippen LogP contribution in [0, 0.1) is 0 Å². The van der Waals surface area contributed by atoms with Crippen LogP contribution in [0.1, 0.15) is 22.8 Å². The van der Waals surface area contributed by atoms with E-state index in [0.29, 0.717) is 11.4 Å². The molecule has 0 aromatic heterocycles. The topological polar surface area (TPSA) is 78.8 Å². The van der Waals surface area contributed by atoms with Gasteiger partial charge in [-0.2, -0.15) is 0 Å². The molecular weight excluding hydrogens is 208 g/mol. The van der Waals surface area contributed by atoms with Crippen molar-refractivity contribution in [3.8, 4) is 0 Å². The Balaban J connectivity index is 2.46. The van der Waals surface area contributed by atoms with Crippen molar-refractivity contribution < 1.29 is 14.7 Å². The van der Waals surface area contributed by atoms with Gasteiger partial charge in [-0.1, -0.05) is 18.2 Å². The number of hydrogen-bond donors (Lipinski definition) is 2. The van der Waals surface area contributed by atoms with Crippen molar-refractivity contribution in [3.05, 3.63) is 35.4 Å². The molecule has 2 N–H and O–H groups in total. The smallest absolute Gasteiger partial charge is 0.336 e. The number of carboxylic acid groups (broad SMARTS) is 1. The third-order valence-corrected chi connectivity index (χ3v) is 2.36. The van der Waals surface area contributed by atoms with Crippen LogP contribution < -0.4 is 5.32 Å². The van der Waals surface area contributed by atoms with Gasteiger partial charge in [0.05, 0.1) is 5.56 Å². The Kier molecular flexibility index (Phi) is 2.44. The predicted molar refractivity (Wildman–Crippen MR) is 57.5 cm³/mol. The molecule has 82 valence electrons. The number of hydrogen-bond acceptors (Lipinski definition) is 3. The van der Waals surface area contributed by atoms with E-state index in [2.05, 4.69) is 10.3 Å². The SMILES string of the molecule is CC1N=C(c2ccccc2C(=O)O)NC1=O. The number of nitrogens with one attached hydrogen (secondary N) is 1. The maximum atomic E-state index is 11.3. The van der Waals surface area contributed by atoms with Crippen molar-refractivity contribution in [2.45, 2.75) is 13.0 Å². The van der Waals surface area contributed by atoms with Gasteiger partial charge in [-0.15, -0.1) is 0 Å². The van der Waals surface area contributed by atoms with Crippen molar-refractivity contribution in [2.24, 2.45) is 4.99 Å². The van der Waals surface area contributed by atoms with Crippen molar-refractivity contribution >= 4 is 17.7 Å². The average Bonchev–Trinajstić information content (AvgIpc) is 2.59. The zero-order chi connectivity index (χ0) is 11.7. The highest BCUT2D eigenvalue weighted by Gasteiger charge is 2.25. The Labute approximate surface area is 91.8 Å². The molecule has 1 aliphatic rings. The maximum Gasteiger partial charge on any atom is 0.336 e. The minimum absolute atomic E-state index is 0.135. The summed E-state index contributed by atoms with van der Waals surface area (Å²) in [4.78, 5) is 26.3. The van der Waals surface area contributed by atoms with Gasteiger partial charge < -0.3 is 10.4 Å². The molecule has 5 heteroatoms. The van der Waals surface area contributed by atoms with Crippen LogP contribution in [-0.2, 0) is 4.79 Å². The highest BCUT2D eigenvalue weighted by Crippen LogP contribution is 2.13. The number of rotatable bonds is 2. The Morgan fingerprint density at radius 3 is 2.69 bits per heavy atom. The van der Waals surface area contributed by atoms with Gasteiger partial charge in [0, 0.05) is 5.56 Å². The lowest BCUT2D eigenvalue weighted by Gasteiger charge is -2.04. The molecule has 5 nitrogen and oxygen atoms in total. The van der Waals surface area contributed by atoms with E-state index in [1.165, 1.54) is 6.07 Å². The first kappa shape index (κ1) is 10.4. The fourth-order valence-electron chi connectivity index (χ4n) is 1.52. The van der Waals surface area contributed by atoms with Gasteiger partial charge in [0.15, 0.2) is 0 Å². The summed E-state index contributed by atoms with van der Waals surface area (Å²) in [6.45, 7) is 1.66. The van der Waals surface area contributed by atoms with E-state index in [1.54, 1.807) is 25.1 Å². The van der Waals surface area contributed by atoms with Crippen LogP contribution in [0.2, 0.25) is 0 Å². The first-order valence-corrected chi connectivity index (χ1v) is 4.81. The Hall–Kier alpha value is -2.17. The normalized spacial score (nSPS) is 19.2. The quantitative estimate of drug-likeness (QED) is 0.764. The van der Waals surface area contributed by atoms with Gasteiger partial charge >= 0.3 is 5.97 Å². The molecule has 0 spiro atoms. The lowest BCUT2D eigenvalue weighted by Crippen LogP contribution is -2.28. The van der Waals surface area contributed by atoms with Crippen LogP contribution in [-0.4, -0.2) is 28.9 Å². The van der Waals surface area contributed by atoms with Crippen molar-refractivity contribution in [3.63, 3.8) is 0 Å². The number of aliphatic imine (C=N–C) groups is 1. The Morgan fingerprint density at radius 1 is 1.44 bits per heavy atom. The molecule has 0 bridgehead atoms. The zero-order valence-corrected chi connectivity index (χ0v) is 8.60. The second-order valence-corrected chi connectivity index (χ2v) is 3.49. The number of amides is 1. The van der Waals surface area contributed by atoms with E-state index < -0.39 is 12.0 Å². The van der Waals surface area contributed by atoms with E-state index in [-0.39, 0.29) is 11.5 Å². The van der Waals surface area contributed by atoms with Gasteiger partial charge in [0.1, 0.15) is 11.9 Å². The lowest BCUT2D eigenvalue weighted by molar-refractivity contribution is -0.119. The van der Waals surface area contributed by atoms with E-state index in [1.807, 2.05) is 0 Å².